The number of carboxylic acid groups (broad SMARTS) is 1. The van der Waals surface area contributed by atoms with Crippen LogP contribution in [-0.4, -0.2) is 52.6 Å². The van der Waals surface area contributed by atoms with E-state index in [9.17, 15) is 29.4 Å². The summed E-state index contributed by atoms with van der Waals surface area (Å²) in [5.41, 5.74) is 0.159. The molecule has 1 amide bonds. The molecule has 3 N–H and O–H groups in total. The lowest BCUT2D eigenvalue weighted by Gasteiger charge is -2.72. The van der Waals surface area contributed by atoms with Crippen LogP contribution in [0.1, 0.15) is 159 Å². The fourth-order valence-corrected chi connectivity index (χ4v) is 13.8. The number of carbonyl (C=O) groups is 4. The highest BCUT2D eigenvalue weighted by molar-refractivity contribution is 6.00. The van der Waals surface area contributed by atoms with Gasteiger partial charge in [-0.2, -0.15) is 0 Å². The van der Waals surface area contributed by atoms with Crippen LogP contribution in [0.5, 0.6) is 0 Å². The standard InChI is InChI=1S/C44H69NO7/c1-26(2)35-29(46)23-44(32(47)25-45-37(49)27-13-11-10-12-14-27)22-21-42(8)28(36(35)44)15-16-31-41(7)19-18-33(52-34(48)24-39(3,4)38(50)51)40(5,6)30(41)17-20-43(31,42)9/h26-28,30-33,47H,10-25H2,1-9H3,(H,45,49)(H,50,51)/t28-,30?,31?,32-,33+,41+,42-,43-,44+/m1/s1. The third kappa shape index (κ3) is 6.02. The maximum atomic E-state index is 14.0. The summed E-state index contributed by atoms with van der Waals surface area (Å²) >= 11 is 0. The lowest BCUT2D eigenvalue weighted by molar-refractivity contribution is -0.235. The van der Waals surface area contributed by atoms with Crippen molar-refractivity contribution in [2.75, 3.05) is 6.54 Å². The van der Waals surface area contributed by atoms with Gasteiger partial charge in [-0.1, -0.05) is 73.3 Å². The maximum absolute atomic E-state index is 14.0. The van der Waals surface area contributed by atoms with Crippen LogP contribution < -0.4 is 5.32 Å². The van der Waals surface area contributed by atoms with Crippen molar-refractivity contribution in [1.29, 1.82) is 0 Å². The number of aliphatic hydroxyl groups excluding tert-OH is 1. The van der Waals surface area contributed by atoms with Crippen molar-refractivity contribution < 1.29 is 34.1 Å². The summed E-state index contributed by atoms with van der Waals surface area (Å²) in [5.74, 6) is -0.0352. The van der Waals surface area contributed by atoms with Crippen molar-refractivity contribution in [3.05, 3.63) is 11.1 Å². The predicted molar refractivity (Wildman–Crippen MR) is 201 cm³/mol. The van der Waals surface area contributed by atoms with Crippen molar-refractivity contribution in [2.45, 2.75) is 171 Å². The molecule has 292 valence electrons. The van der Waals surface area contributed by atoms with Gasteiger partial charge in [0.05, 0.1) is 17.9 Å². The zero-order valence-corrected chi connectivity index (χ0v) is 33.8. The molecule has 52 heavy (non-hydrogen) atoms. The SMILES string of the molecule is CC(C)C1=C2[C@H]3CCC4[C@@]5(C)CC[C@H](OC(=O)CC(C)(C)C(=O)O)C(C)(C)C5CC[C@@]4(C)[C@]3(C)CC[C@@]2([C@H](O)CNC(=O)C2CCCCC2)CC1=O. The van der Waals surface area contributed by atoms with Crippen molar-refractivity contribution in [2.24, 2.45) is 62.1 Å². The molecule has 9 atom stereocenters. The van der Waals surface area contributed by atoms with Crippen LogP contribution in [-0.2, 0) is 23.9 Å². The normalized spacial score (nSPS) is 39.6. The van der Waals surface area contributed by atoms with Crippen LogP contribution in [0.4, 0.5) is 0 Å². The van der Waals surface area contributed by atoms with E-state index in [0.29, 0.717) is 18.3 Å². The Hall–Kier alpha value is -2.22. The molecule has 6 rings (SSSR count). The van der Waals surface area contributed by atoms with Crippen molar-refractivity contribution in [1.82, 2.24) is 5.32 Å². The van der Waals surface area contributed by atoms with Gasteiger partial charge in [0.15, 0.2) is 5.78 Å². The average Bonchev–Trinajstić information content (AvgIpc) is 3.38. The van der Waals surface area contributed by atoms with E-state index in [4.69, 9.17) is 4.74 Å². The number of ether oxygens (including phenoxy) is 1. The second kappa shape index (κ2) is 13.5. The number of rotatable bonds is 9. The summed E-state index contributed by atoms with van der Waals surface area (Å²) in [6.07, 6.45) is 11.9. The average molecular weight is 724 g/mol. The zero-order chi connectivity index (χ0) is 38.2. The maximum Gasteiger partial charge on any atom is 0.309 e. The first-order valence-corrected chi connectivity index (χ1v) is 20.8. The molecule has 8 nitrogen and oxygen atoms in total. The molecule has 0 bridgehead atoms. The van der Waals surface area contributed by atoms with Gasteiger partial charge in [0.2, 0.25) is 5.91 Å². The lowest BCUT2D eigenvalue weighted by atomic mass is 9.33. The summed E-state index contributed by atoms with van der Waals surface area (Å²) in [7, 11) is 0. The van der Waals surface area contributed by atoms with Crippen molar-refractivity contribution in [3.8, 4) is 0 Å². The van der Waals surface area contributed by atoms with Crippen LogP contribution in [0, 0.1) is 62.1 Å². The minimum Gasteiger partial charge on any atom is -0.481 e. The van der Waals surface area contributed by atoms with Gasteiger partial charge in [-0.3, -0.25) is 19.2 Å². The van der Waals surface area contributed by atoms with E-state index in [0.717, 1.165) is 82.6 Å². The highest BCUT2D eigenvalue weighted by atomic mass is 16.5. The first kappa shape index (κ1) is 39.5. The Balaban J connectivity index is 1.26. The van der Waals surface area contributed by atoms with Crippen LogP contribution >= 0.6 is 0 Å². The molecule has 6 aliphatic carbocycles. The molecular weight excluding hydrogens is 654 g/mol. The number of amides is 1. The fourth-order valence-electron chi connectivity index (χ4n) is 13.8. The molecule has 0 aromatic heterocycles. The second-order valence-electron chi connectivity index (χ2n) is 20.7. The molecule has 0 aromatic rings. The summed E-state index contributed by atoms with van der Waals surface area (Å²) in [4.78, 5) is 52.0. The van der Waals surface area contributed by atoms with E-state index >= 15 is 0 Å². The van der Waals surface area contributed by atoms with E-state index in [2.05, 4.69) is 53.8 Å². The second-order valence-corrected chi connectivity index (χ2v) is 20.7. The van der Waals surface area contributed by atoms with Gasteiger partial charge in [-0.15, -0.1) is 0 Å². The Labute approximate surface area is 313 Å². The molecule has 0 saturated heterocycles. The molecule has 8 heteroatoms. The summed E-state index contributed by atoms with van der Waals surface area (Å²) in [5, 5.41) is 24.9. The van der Waals surface area contributed by atoms with Gasteiger partial charge in [0.1, 0.15) is 6.10 Å². The predicted octanol–water partition coefficient (Wildman–Crippen LogP) is 8.44. The number of carbonyl (C=O) groups excluding carboxylic acids is 3. The first-order chi connectivity index (χ1) is 24.2. The third-order valence-corrected chi connectivity index (χ3v) is 16.9. The Bertz CT molecular complexity index is 1490. The highest BCUT2D eigenvalue weighted by Gasteiger charge is 2.70. The molecule has 0 spiro atoms. The molecule has 6 aliphatic rings. The molecule has 0 radical (unpaired) electrons. The number of ketones is 1. The van der Waals surface area contributed by atoms with Gasteiger partial charge < -0.3 is 20.3 Å². The molecule has 0 heterocycles. The van der Waals surface area contributed by atoms with E-state index in [1.807, 2.05) is 0 Å². The summed E-state index contributed by atoms with van der Waals surface area (Å²) in [6, 6.07) is 0. The lowest BCUT2D eigenvalue weighted by Crippen LogP contribution is -2.66. The van der Waals surface area contributed by atoms with Crippen molar-refractivity contribution >= 4 is 23.6 Å². The largest absolute Gasteiger partial charge is 0.481 e. The fraction of sp³-hybridized carbons (Fsp3) is 0.864. The van der Waals surface area contributed by atoms with Gasteiger partial charge in [-0.05, 0) is 124 Å². The monoisotopic (exact) mass is 724 g/mol. The number of fused-ring (bicyclic) bond motifs is 7. The van der Waals surface area contributed by atoms with E-state index in [-0.39, 0.29) is 70.2 Å². The van der Waals surface area contributed by atoms with Crippen LogP contribution in [0.2, 0.25) is 0 Å². The minimum atomic E-state index is -1.17. The topological polar surface area (TPSA) is 130 Å². The van der Waals surface area contributed by atoms with Crippen LogP contribution in [0.25, 0.3) is 0 Å². The first-order valence-electron chi connectivity index (χ1n) is 20.8. The van der Waals surface area contributed by atoms with Gasteiger partial charge in [-0.25, -0.2) is 0 Å². The van der Waals surface area contributed by atoms with E-state index in [1.54, 1.807) is 13.8 Å². The Morgan fingerprint density at radius 1 is 0.865 bits per heavy atom. The molecular formula is C44H69NO7. The van der Waals surface area contributed by atoms with Crippen LogP contribution in [0.15, 0.2) is 11.1 Å². The Morgan fingerprint density at radius 3 is 2.17 bits per heavy atom. The quantitative estimate of drug-likeness (QED) is 0.204. The number of allylic oxidation sites excluding steroid dienone is 1. The molecule has 5 fully saturated rings. The molecule has 5 saturated carbocycles. The van der Waals surface area contributed by atoms with Crippen LogP contribution in [0.3, 0.4) is 0 Å². The molecule has 2 unspecified atom stereocenters. The van der Waals surface area contributed by atoms with Gasteiger partial charge in [0.25, 0.3) is 0 Å². The molecule has 0 aliphatic heterocycles. The van der Waals surface area contributed by atoms with Gasteiger partial charge >= 0.3 is 11.9 Å². The number of hydrogen-bond donors (Lipinski definition) is 3. The summed E-state index contributed by atoms with van der Waals surface area (Å²) < 4.78 is 6.16. The number of nitrogens with one attached hydrogen (secondary N) is 1. The van der Waals surface area contributed by atoms with E-state index < -0.39 is 28.9 Å². The number of aliphatic carboxylic acids is 1. The number of carboxylic acids is 1. The van der Waals surface area contributed by atoms with Gasteiger partial charge in [0, 0.05) is 29.7 Å². The summed E-state index contributed by atoms with van der Waals surface area (Å²) in [6.45, 7) is 19.7. The number of Topliss-reactive ketones (excluding diaryl/α,β-unsaturated/α-hetero) is 1. The molecule has 0 aromatic carbocycles. The van der Waals surface area contributed by atoms with E-state index in [1.165, 1.54) is 12.0 Å². The minimum absolute atomic E-state index is 0.0271. The number of esters is 1. The Morgan fingerprint density at radius 2 is 1.54 bits per heavy atom. The Kier molecular flexibility index (Phi) is 10.3. The highest BCUT2D eigenvalue weighted by Crippen LogP contribution is 2.77. The zero-order valence-electron chi connectivity index (χ0n) is 33.8. The third-order valence-electron chi connectivity index (χ3n) is 16.9. The smallest absolute Gasteiger partial charge is 0.309 e. The van der Waals surface area contributed by atoms with Crippen molar-refractivity contribution in [3.63, 3.8) is 0 Å². The number of hydrogen-bond acceptors (Lipinski definition) is 6. The number of aliphatic hydroxyl groups is 1.